The third-order valence-electron chi connectivity index (χ3n) is 3.94. The van der Waals surface area contributed by atoms with Gasteiger partial charge in [0.1, 0.15) is 0 Å². The minimum Gasteiger partial charge on any atom is -0.481 e. The molecule has 4 unspecified atom stereocenters. The monoisotopic (exact) mass is 306 g/mol. The number of carbonyl (C=O) groups is 1. The van der Waals surface area contributed by atoms with Crippen molar-refractivity contribution in [3.8, 4) is 0 Å². The SMILES string of the molecule is O=C(O)C1C2C=CC(C2)C1C(F)(F)C(F)(F)C(F)(F)F. The van der Waals surface area contributed by atoms with Crippen LogP contribution in [0.15, 0.2) is 12.2 Å². The Morgan fingerprint density at radius 1 is 1.00 bits per heavy atom. The highest BCUT2D eigenvalue weighted by molar-refractivity contribution is 5.72. The minimum absolute atomic E-state index is 0.148. The highest BCUT2D eigenvalue weighted by atomic mass is 19.4. The van der Waals surface area contributed by atoms with Gasteiger partial charge in [-0.3, -0.25) is 4.79 Å². The summed E-state index contributed by atoms with van der Waals surface area (Å²) in [5.74, 6) is -20.2. The summed E-state index contributed by atoms with van der Waals surface area (Å²) in [6.45, 7) is 0. The summed E-state index contributed by atoms with van der Waals surface area (Å²) in [7, 11) is 0. The van der Waals surface area contributed by atoms with Crippen molar-refractivity contribution in [1.29, 1.82) is 0 Å². The summed E-state index contributed by atoms with van der Waals surface area (Å²) in [5, 5.41) is 8.84. The van der Waals surface area contributed by atoms with E-state index in [9.17, 15) is 35.5 Å². The molecule has 2 aliphatic carbocycles. The average Bonchev–Trinajstić information content (AvgIpc) is 2.86. The van der Waals surface area contributed by atoms with Crippen LogP contribution < -0.4 is 0 Å². The van der Waals surface area contributed by atoms with E-state index in [1.807, 2.05) is 0 Å². The van der Waals surface area contributed by atoms with Crippen molar-refractivity contribution in [2.75, 3.05) is 0 Å². The summed E-state index contributed by atoms with van der Waals surface area (Å²) < 4.78 is 89.9. The fraction of sp³-hybridized carbons (Fsp3) is 0.727. The van der Waals surface area contributed by atoms with Crippen molar-refractivity contribution in [3.05, 3.63) is 12.2 Å². The summed E-state index contributed by atoms with van der Waals surface area (Å²) in [6.07, 6.45) is -4.22. The zero-order valence-corrected chi connectivity index (χ0v) is 9.67. The van der Waals surface area contributed by atoms with E-state index in [2.05, 4.69) is 0 Å². The lowest BCUT2D eigenvalue weighted by molar-refractivity contribution is -0.369. The number of halogens is 7. The number of fused-ring (bicyclic) bond motifs is 2. The third kappa shape index (κ3) is 1.81. The first-order valence-corrected chi connectivity index (χ1v) is 5.64. The first-order valence-electron chi connectivity index (χ1n) is 5.64. The number of allylic oxidation sites excluding steroid dienone is 2. The molecule has 114 valence electrons. The molecule has 0 aromatic heterocycles. The van der Waals surface area contributed by atoms with Crippen molar-refractivity contribution in [2.24, 2.45) is 23.7 Å². The van der Waals surface area contributed by atoms with Gasteiger partial charge in [-0.05, 0) is 18.3 Å². The molecule has 1 saturated carbocycles. The Balaban J connectivity index is 2.43. The second-order valence-electron chi connectivity index (χ2n) is 5.03. The predicted molar refractivity (Wildman–Crippen MR) is 51.3 cm³/mol. The van der Waals surface area contributed by atoms with Crippen LogP contribution in [0.4, 0.5) is 30.7 Å². The molecule has 0 saturated heterocycles. The number of carboxylic acid groups (broad SMARTS) is 1. The maximum atomic E-state index is 13.7. The zero-order chi connectivity index (χ0) is 15.5. The fourth-order valence-electron chi connectivity index (χ4n) is 3.05. The van der Waals surface area contributed by atoms with Crippen LogP contribution in [-0.4, -0.2) is 29.1 Å². The normalized spacial score (nSPS) is 33.8. The summed E-state index contributed by atoms with van der Waals surface area (Å²) >= 11 is 0. The topological polar surface area (TPSA) is 37.3 Å². The lowest BCUT2D eigenvalue weighted by Gasteiger charge is -2.37. The number of aliphatic carboxylic acids is 1. The van der Waals surface area contributed by atoms with Crippen LogP contribution in [0.1, 0.15) is 6.42 Å². The van der Waals surface area contributed by atoms with Gasteiger partial charge in [0.2, 0.25) is 0 Å². The quantitative estimate of drug-likeness (QED) is 0.641. The van der Waals surface area contributed by atoms with E-state index in [-0.39, 0.29) is 6.42 Å². The molecule has 2 nitrogen and oxygen atoms in total. The van der Waals surface area contributed by atoms with Gasteiger partial charge < -0.3 is 5.11 Å². The molecule has 9 heteroatoms. The molecule has 0 spiro atoms. The first kappa shape index (κ1) is 15.1. The number of hydrogen-bond donors (Lipinski definition) is 1. The van der Waals surface area contributed by atoms with E-state index in [0.717, 1.165) is 6.08 Å². The van der Waals surface area contributed by atoms with Crippen molar-refractivity contribution < 1.29 is 40.6 Å². The van der Waals surface area contributed by atoms with Gasteiger partial charge in [-0.1, -0.05) is 12.2 Å². The fourth-order valence-corrected chi connectivity index (χ4v) is 3.05. The minimum atomic E-state index is -6.44. The summed E-state index contributed by atoms with van der Waals surface area (Å²) in [6, 6.07) is 0. The van der Waals surface area contributed by atoms with Crippen molar-refractivity contribution in [2.45, 2.75) is 24.4 Å². The number of hydrogen-bond acceptors (Lipinski definition) is 1. The Kier molecular flexibility index (Phi) is 3.11. The molecule has 1 N–H and O–H groups in total. The van der Waals surface area contributed by atoms with Gasteiger partial charge in [0.15, 0.2) is 0 Å². The maximum absolute atomic E-state index is 13.7. The van der Waals surface area contributed by atoms with E-state index >= 15 is 0 Å². The lowest BCUT2D eigenvalue weighted by Crippen LogP contribution is -2.58. The highest BCUT2D eigenvalue weighted by Gasteiger charge is 2.78. The van der Waals surface area contributed by atoms with Gasteiger partial charge in [-0.15, -0.1) is 0 Å². The van der Waals surface area contributed by atoms with Crippen molar-refractivity contribution >= 4 is 5.97 Å². The van der Waals surface area contributed by atoms with Gasteiger partial charge in [-0.25, -0.2) is 0 Å². The van der Waals surface area contributed by atoms with Gasteiger partial charge in [0, 0.05) is 5.92 Å². The molecule has 0 amide bonds. The Bertz CT molecular complexity index is 454. The van der Waals surface area contributed by atoms with E-state index in [4.69, 9.17) is 5.11 Å². The van der Waals surface area contributed by atoms with E-state index in [0.29, 0.717) is 0 Å². The molecule has 2 aliphatic rings. The Hall–Kier alpha value is -1.28. The van der Waals surface area contributed by atoms with Crippen LogP contribution in [0.25, 0.3) is 0 Å². The smallest absolute Gasteiger partial charge is 0.459 e. The number of alkyl halides is 7. The zero-order valence-electron chi connectivity index (χ0n) is 9.67. The predicted octanol–water partition coefficient (Wildman–Crippen LogP) is 3.34. The molecular weight excluding hydrogens is 297 g/mol. The van der Waals surface area contributed by atoms with E-state index in [1.165, 1.54) is 6.08 Å². The van der Waals surface area contributed by atoms with Crippen molar-refractivity contribution in [1.82, 2.24) is 0 Å². The average molecular weight is 306 g/mol. The number of carboxylic acids is 1. The molecule has 2 bridgehead atoms. The Morgan fingerprint density at radius 2 is 1.50 bits per heavy atom. The van der Waals surface area contributed by atoms with Crippen LogP contribution >= 0.6 is 0 Å². The second-order valence-corrected chi connectivity index (χ2v) is 5.03. The van der Waals surface area contributed by atoms with Crippen LogP contribution in [-0.2, 0) is 4.79 Å². The number of rotatable bonds is 3. The third-order valence-corrected chi connectivity index (χ3v) is 3.94. The van der Waals surface area contributed by atoms with Crippen LogP contribution in [0.3, 0.4) is 0 Å². The van der Waals surface area contributed by atoms with Gasteiger partial charge >= 0.3 is 24.0 Å². The molecule has 0 aliphatic heterocycles. The molecule has 0 aromatic rings. The van der Waals surface area contributed by atoms with Gasteiger partial charge in [-0.2, -0.15) is 30.7 Å². The Labute approximate surface area is 108 Å². The highest BCUT2D eigenvalue weighted by Crippen LogP contribution is 2.60. The maximum Gasteiger partial charge on any atom is 0.459 e. The molecule has 4 atom stereocenters. The molecule has 0 radical (unpaired) electrons. The van der Waals surface area contributed by atoms with Crippen LogP contribution in [0.2, 0.25) is 0 Å². The van der Waals surface area contributed by atoms with E-state index < -0.39 is 47.7 Å². The van der Waals surface area contributed by atoms with Gasteiger partial charge in [0.25, 0.3) is 0 Å². The standard InChI is InChI=1S/C11H9F7O2/c12-9(13,10(14,15)11(16,17)18)7-5-2-1-4(3-5)6(7)8(19)20/h1-2,4-7H,3H2,(H,19,20). The van der Waals surface area contributed by atoms with Crippen LogP contribution in [0, 0.1) is 23.7 Å². The molecular formula is C11H9F7O2. The largest absolute Gasteiger partial charge is 0.481 e. The summed E-state index contributed by atoms with van der Waals surface area (Å²) in [4.78, 5) is 10.9. The van der Waals surface area contributed by atoms with E-state index in [1.54, 1.807) is 0 Å². The molecule has 0 aromatic carbocycles. The summed E-state index contributed by atoms with van der Waals surface area (Å²) in [5.41, 5.74) is 0. The van der Waals surface area contributed by atoms with Crippen molar-refractivity contribution in [3.63, 3.8) is 0 Å². The Morgan fingerprint density at radius 3 is 1.95 bits per heavy atom. The molecule has 1 fully saturated rings. The second kappa shape index (κ2) is 4.11. The van der Waals surface area contributed by atoms with Gasteiger partial charge in [0.05, 0.1) is 5.92 Å². The molecule has 20 heavy (non-hydrogen) atoms. The van der Waals surface area contributed by atoms with Crippen LogP contribution in [0.5, 0.6) is 0 Å². The molecule has 2 rings (SSSR count). The lowest BCUT2D eigenvalue weighted by atomic mass is 9.76. The molecule has 0 heterocycles. The first-order chi connectivity index (χ1) is 8.91.